The second kappa shape index (κ2) is 5.39. The molecule has 0 saturated heterocycles. The third-order valence-electron chi connectivity index (χ3n) is 1.36. The Hall–Kier alpha value is -1.36. The van der Waals surface area contributed by atoms with Gasteiger partial charge >= 0.3 is 5.69 Å². The average molecular weight is 218 g/mol. The normalized spacial score (nSPS) is 8.86. The van der Waals surface area contributed by atoms with Gasteiger partial charge in [0.15, 0.2) is 0 Å². The minimum absolute atomic E-state index is 0.157. The highest BCUT2D eigenvalue weighted by molar-refractivity contribution is 6.30. The Morgan fingerprint density at radius 3 is 2.50 bits per heavy atom. The van der Waals surface area contributed by atoms with E-state index in [1.54, 1.807) is 6.92 Å². The molecule has 1 aromatic rings. The summed E-state index contributed by atoms with van der Waals surface area (Å²) in [6.45, 7) is 5.63. The van der Waals surface area contributed by atoms with Crippen molar-refractivity contribution >= 4 is 23.1 Å². The van der Waals surface area contributed by atoms with E-state index >= 15 is 0 Å². The van der Waals surface area contributed by atoms with E-state index in [0.29, 0.717) is 5.56 Å². The molecule has 0 aromatic carbocycles. The molecule has 78 valence electrons. The first-order chi connectivity index (χ1) is 6.52. The minimum atomic E-state index is -0.592. The van der Waals surface area contributed by atoms with Crippen molar-refractivity contribution in [2.75, 3.05) is 5.73 Å². The van der Waals surface area contributed by atoms with Crippen molar-refractivity contribution in [3.63, 3.8) is 0 Å². The Morgan fingerprint density at radius 2 is 2.07 bits per heavy atom. The number of anilines is 1. The highest BCUT2D eigenvalue weighted by Gasteiger charge is 2.14. The van der Waals surface area contributed by atoms with Crippen molar-refractivity contribution in [3.05, 3.63) is 26.9 Å². The molecular formula is C8H12ClN3O2. The van der Waals surface area contributed by atoms with Crippen LogP contribution in [0.5, 0.6) is 0 Å². The zero-order chi connectivity index (χ0) is 11.3. The number of nitrogens with two attached hydrogens (primary N) is 1. The van der Waals surface area contributed by atoms with Gasteiger partial charge in [0.25, 0.3) is 0 Å². The Kier molecular flexibility index (Phi) is 4.86. The van der Waals surface area contributed by atoms with Crippen LogP contribution in [0.4, 0.5) is 11.5 Å². The number of nitrogen functional groups attached to an aromatic ring is 1. The van der Waals surface area contributed by atoms with E-state index in [9.17, 15) is 10.1 Å². The smallest absolute Gasteiger partial charge is 0.311 e. The predicted molar refractivity (Wildman–Crippen MR) is 56.4 cm³/mol. The summed E-state index contributed by atoms with van der Waals surface area (Å²) in [4.78, 5) is 13.3. The number of rotatable bonds is 1. The summed E-state index contributed by atoms with van der Waals surface area (Å²) in [5.41, 5.74) is 5.58. The van der Waals surface area contributed by atoms with Gasteiger partial charge in [-0.05, 0) is 12.5 Å². The van der Waals surface area contributed by atoms with Gasteiger partial charge in [0.1, 0.15) is 5.15 Å². The van der Waals surface area contributed by atoms with Crippen LogP contribution in [0.3, 0.4) is 0 Å². The second-order valence-corrected chi connectivity index (χ2v) is 2.62. The van der Waals surface area contributed by atoms with Gasteiger partial charge in [-0.2, -0.15) is 0 Å². The van der Waals surface area contributed by atoms with Crippen molar-refractivity contribution in [1.82, 2.24) is 4.98 Å². The van der Waals surface area contributed by atoms with Gasteiger partial charge in [0.05, 0.1) is 4.92 Å². The van der Waals surface area contributed by atoms with Crippen LogP contribution in [0.15, 0.2) is 6.07 Å². The summed E-state index contributed by atoms with van der Waals surface area (Å²) in [6.07, 6.45) is 0. The number of aryl methyl sites for hydroxylation is 1. The molecule has 0 atom stereocenters. The van der Waals surface area contributed by atoms with E-state index in [4.69, 9.17) is 17.3 Å². The van der Waals surface area contributed by atoms with Crippen molar-refractivity contribution < 1.29 is 4.92 Å². The zero-order valence-electron chi connectivity index (χ0n) is 8.24. The maximum Gasteiger partial charge on any atom is 0.311 e. The Morgan fingerprint density at radius 1 is 1.57 bits per heavy atom. The zero-order valence-corrected chi connectivity index (χ0v) is 9.00. The highest BCUT2D eigenvalue weighted by Crippen LogP contribution is 2.24. The average Bonchev–Trinajstić information content (AvgIpc) is 2.14. The molecule has 0 saturated carbocycles. The number of hydrogen-bond acceptors (Lipinski definition) is 4. The van der Waals surface area contributed by atoms with Crippen molar-refractivity contribution in [1.29, 1.82) is 0 Å². The molecule has 0 aliphatic heterocycles. The SMILES string of the molecule is CC.Cc1cc([N+](=O)[O-])c(N)nc1Cl. The van der Waals surface area contributed by atoms with Gasteiger partial charge < -0.3 is 5.73 Å². The second-order valence-electron chi connectivity index (χ2n) is 2.26. The van der Waals surface area contributed by atoms with Crippen LogP contribution in [0.2, 0.25) is 5.15 Å². The standard InChI is InChI=1S/C6H6ClN3O2.C2H6/c1-3-2-4(10(11)12)6(8)9-5(3)7;1-2/h2H,1H3,(H2,8,9);1-2H3. The molecule has 2 N–H and O–H groups in total. The number of aromatic nitrogens is 1. The summed E-state index contributed by atoms with van der Waals surface area (Å²) >= 11 is 5.58. The lowest BCUT2D eigenvalue weighted by molar-refractivity contribution is -0.384. The van der Waals surface area contributed by atoms with Gasteiger partial charge in [-0.3, -0.25) is 10.1 Å². The molecule has 1 rings (SSSR count). The first-order valence-electron chi connectivity index (χ1n) is 4.09. The molecule has 1 aromatic heterocycles. The molecule has 6 heteroatoms. The van der Waals surface area contributed by atoms with Gasteiger partial charge in [-0.15, -0.1) is 0 Å². The minimum Gasteiger partial charge on any atom is -0.378 e. The lowest BCUT2D eigenvalue weighted by Crippen LogP contribution is -1.99. The molecule has 0 amide bonds. The largest absolute Gasteiger partial charge is 0.378 e. The fraction of sp³-hybridized carbons (Fsp3) is 0.375. The molecule has 14 heavy (non-hydrogen) atoms. The lowest BCUT2D eigenvalue weighted by atomic mass is 10.3. The monoisotopic (exact) mass is 217 g/mol. The van der Waals surface area contributed by atoms with E-state index < -0.39 is 4.92 Å². The van der Waals surface area contributed by atoms with E-state index in [-0.39, 0.29) is 16.7 Å². The van der Waals surface area contributed by atoms with Gasteiger partial charge in [0.2, 0.25) is 5.82 Å². The molecule has 0 aliphatic carbocycles. The van der Waals surface area contributed by atoms with E-state index in [1.807, 2.05) is 13.8 Å². The van der Waals surface area contributed by atoms with Crippen LogP contribution in [0.25, 0.3) is 0 Å². The van der Waals surface area contributed by atoms with E-state index in [1.165, 1.54) is 6.07 Å². The summed E-state index contributed by atoms with van der Waals surface area (Å²) < 4.78 is 0. The van der Waals surface area contributed by atoms with Crippen LogP contribution in [0, 0.1) is 17.0 Å². The van der Waals surface area contributed by atoms with Crippen LogP contribution in [-0.4, -0.2) is 9.91 Å². The molecule has 5 nitrogen and oxygen atoms in total. The Balaban J connectivity index is 0.000000791. The number of pyridine rings is 1. The molecule has 0 radical (unpaired) electrons. The maximum atomic E-state index is 10.3. The number of halogens is 1. The van der Waals surface area contributed by atoms with E-state index in [0.717, 1.165) is 0 Å². The fourth-order valence-corrected chi connectivity index (χ4v) is 0.882. The van der Waals surface area contributed by atoms with Crippen molar-refractivity contribution in [3.8, 4) is 0 Å². The molecule has 0 unspecified atom stereocenters. The molecule has 0 aliphatic rings. The third-order valence-corrected chi connectivity index (χ3v) is 1.74. The van der Waals surface area contributed by atoms with Gasteiger partial charge in [0, 0.05) is 6.07 Å². The third kappa shape index (κ3) is 2.85. The molecule has 0 fully saturated rings. The first kappa shape index (κ1) is 12.6. The molecule has 1 heterocycles. The Labute approximate surface area is 87.0 Å². The van der Waals surface area contributed by atoms with Crippen LogP contribution < -0.4 is 5.73 Å². The van der Waals surface area contributed by atoms with Crippen LogP contribution in [0.1, 0.15) is 19.4 Å². The number of nitrogens with zero attached hydrogens (tertiary/aromatic N) is 2. The van der Waals surface area contributed by atoms with Crippen LogP contribution >= 0.6 is 11.6 Å². The van der Waals surface area contributed by atoms with Crippen molar-refractivity contribution in [2.24, 2.45) is 0 Å². The molecular weight excluding hydrogens is 206 g/mol. The summed E-state index contributed by atoms with van der Waals surface area (Å²) in [5, 5.41) is 10.5. The number of hydrogen-bond donors (Lipinski definition) is 1. The van der Waals surface area contributed by atoms with Crippen molar-refractivity contribution in [2.45, 2.75) is 20.8 Å². The van der Waals surface area contributed by atoms with Gasteiger partial charge in [-0.25, -0.2) is 4.98 Å². The highest BCUT2D eigenvalue weighted by atomic mass is 35.5. The van der Waals surface area contributed by atoms with Crippen LogP contribution in [-0.2, 0) is 0 Å². The van der Waals surface area contributed by atoms with Gasteiger partial charge in [-0.1, -0.05) is 25.4 Å². The topological polar surface area (TPSA) is 82.0 Å². The molecule has 0 spiro atoms. The maximum absolute atomic E-state index is 10.3. The first-order valence-corrected chi connectivity index (χ1v) is 4.47. The molecule has 0 bridgehead atoms. The fourth-order valence-electron chi connectivity index (χ4n) is 0.736. The summed E-state index contributed by atoms with van der Waals surface area (Å²) in [7, 11) is 0. The number of nitro groups is 1. The lowest BCUT2D eigenvalue weighted by Gasteiger charge is -1.99. The predicted octanol–water partition coefficient (Wildman–Crippen LogP) is 2.56. The summed E-state index contributed by atoms with van der Waals surface area (Å²) in [5.74, 6) is -0.157. The summed E-state index contributed by atoms with van der Waals surface area (Å²) in [6, 6.07) is 1.30. The quantitative estimate of drug-likeness (QED) is 0.445. The van der Waals surface area contributed by atoms with E-state index in [2.05, 4.69) is 4.98 Å². The Bertz CT molecular complexity index is 342.